The highest BCUT2D eigenvalue weighted by Gasteiger charge is 2.36. The van der Waals surface area contributed by atoms with Crippen molar-refractivity contribution in [2.45, 2.75) is 37.0 Å². The van der Waals surface area contributed by atoms with E-state index in [1.54, 1.807) is 24.3 Å². The van der Waals surface area contributed by atoms with Crippen LogP contribution in [0.2, 0.25) is 0 Å². The van der Waals surface area contributed by atoms with Crippen LogP contribution in [-0.2, 0) is 21.3 Å². The van der Waals surface area contributed by atoms with Crippen LogP contribution in [-0.4, -0.2) is 18.6 Å². The number of primary sulfonamides is 1. The molecule has 1 saturated carbocycles. The van der Waals surface area contributed by atoms with Gasteiger partial charge >= 0.3 is 0 Å². The maximum absolute atomic E-state index is 11.1. The van der Waals surface area contributed by atoms with Gasteiger partial charge in [0.25, 0.3) is 5.89 Å². The van der Waals surface area contributed by atoms with Gasteiger partial charge in [-0.25, -0.2) is 13.6 Å². The first-order chi connectivity index (χ1) is 10.4. The Hall–Kier alpha value is -1.48. The van der Waals surface area contributed by atoms with Crippen molar-refractivity contribution in [2.24, 2.45) is 10.9 Å². The molecule has 9 heteroatoms. The van der Waals surface area contributed by atoms with Crippen molar-refractivity contribution < 1.29 is 12.9 Å². The molecule has 0 atom stereocenters. The quantitative estimate of drug-likeness (QED) is 0.856. The average Bonchev–Trinajstić information content (AvgIpc) is 3.07. The monoisotopic (exact) mass is 358 g/mol. The van der Waals surface area contributed by atoms with Gasteiger partial charge in [0.05, 0.1) is 11.3 Å². The third kappa shape index (κ3) is 4.08. The van der Waals surface area contributed by atoms with Gasteiger partial charge in [0.15, 0.2) is 5.82 Å². The summed E-state index contributed by atoms with van der Waals surface area (Å²) in [5.74, 6) is 0.719. The fraction of sp³-hybridized carbons (Fsp3) is 0.429. The van der Waals surface area contributed by atoms with Crippen LogP contribution < -0.4 is 10.9 Å². The summed E-state index contributed by atoms with van der Waals surface area (Å²) >= 11 is 0. The molecule has 0 spiro atoms. The Balaban J connectivity index is 0.00000192. The van der Waals surface area contributed by atoms with Gasteiger partial charge in [-0.1, -0.05) is 30.1 Å². The zero-order chi connectivity index (χ0) is 15.8. The van der Waals surface area contributed by atoms with Gasteiger partial charge in [0.2, 0.25) is 10.0 Å². The third-order valence-electron chi connectivity index (χ3n) is 3.94. The lowest BCUT2D eigenvalue weighted by Crippen LogP contribution is -2.34. The van der Waals surface area contributed by atoms with Gasteiger partial charge in [-0.15, -0.1) is 12.4 Å². The van der Waals surface area contributed by atoms with Gasteiger partial charge in [0.1, 0.15) is 0 Å². The molecule has 126 valence electrons. The van der Waals surface area contributed by atoms with Crippen LogP contribution in [0, 0.1) is 0 Å². The summed E-state index contributed by atoms with van der Waals surface area (Å²) in [5, 5.41) is 9.02. The molecule has 0 bridgehead atoms. The normalized spacial score (nSPS) is 17.0. The number of sulfonamides is 1. The minimum absolute atomic E-state index is 0. The minimum Gasteiger partial charge on any atom is -0.334 e. The van der Waals surface area contributed by atoms with Crippen LogP contribution in [0.25, 0.3) is 11.5 Å². The summed E-state index contributed by atoms with van der Waals surface area (Å²) in [6, 6.07) is 6.82. The van der Waals surface area contributed by atoms with Crippen LogP contribution in [0.3, 0.4) is 0 Å². The molecule has 0 aliphatic heterocycles. The molecule has 7 nitrogen and oxygen atoms in total. The van der Waals surface area contributed by atoms with E-state index in [-0.39, 0.29) is 18.2 Å². The molecule has 1 aliphatic rings. The van der Waals surface area contributed by atoms with Gasteiger partial charge in [-0.3, -0.25) is 0 Å². The number of halogens is 1. The van der Waals surface area contributed by atoms with E-state index in [1.165, 1.54) is 0 Å². The van der Waals surface area contributed by atoms with Crippen LogP contribution in [0.1, 0.15) is 37.1 Å². The predicted octanol–water partition coefficient (Wildman–Crippen LogP) is 1.67. The molecule has 1 aliphatic carbocycles. The molecule has 1 aromatic carbocycles. The van der Waals surface area contributed by atoms with Crippen molar-refractivity contribution >= 4 is 22.4 Å². The maximum atomic E-state index is 11.1. The van der Waals surface area contributed by atoms with E-state index in [0.717, 1.165) is 31.2 Å². The number of aromatic nitrogens is 2. The molecule has 4 N–H and O–H groups in total. The molecule has 0 amide bonds. The number of hydrogen-bond acceptors (Lipinski definition) is 6. The SMILES string of the molecule is Cl.NC1(c2noc(-c3ccc(CS(N)(=O)=O)cc3)n2)CCCC1. The Morgan fingerprint density at radius 2 is 1.78 bits per heavy atom. The van der Waals surface area contributed by atoms with E-state index in [0.29, 0.717) is 17.3 Å². The zero-order valence-electron chi connectivity index (χ0n) is 12.4. The van der Waals surface area contributed by atoms with Crippen molar-refractivity contribution in [3.63, 3.8) is 0 Å². The molecule has 23 heavy (non-hydrogen) atoms. The van der Waals surface area contributed by atoms with E-state index >= 15 is 0 Å². The summed E-state index contributed by atoms with van der Waals surface area (Å²) in [5.41, 5.74) is 7.14. The molecule has 0 saturated heterocycles. The van der Waals surface area contributed by atoms with Crippen LogP contribution >= 0.6 is 12.4 Å². The standard InChI is InChI=1S/C14H18N4O3S.ClH/c15-14(7-1-2-8-14)13-17-12(21-18-13)11-5-3-10(4-6-11)9-22(16,19)20;/h3-6H,1-2,7-9,15H2,(H2,16,19,20);1H. The molecule has 2 aromatic rings. The first-order valence-electron chi connectivity index (χ1n) is 7.09. The van der Waals surface area contributed by atoms with E-state index in [1.807, 2.05) is 0 Å². The van der Waals surface area contributed by atoms with Crippen LogP contribution in [0.4, 0.5) is 0 Å². The van der Waals surface area contributed by atoms with Gasteiger partial charge in [-0.2, -0.15) is 4.98 Å². The Labute approximate surface area is 140 Å². The van der Waals surface area contributed by atoms with Crippen molar-refractivity contribution in [1.82, 2.24) is 10.1 Å². The fourth-order valence-electron chi connectivity index (χ4n) is 2.75. The van der Waals surface area contributed by atoms with Crippen molar-refractivity contribution in [3.8, 4) is 11.5 Å². The predicted molar refractivity (Wildman–Crippen MR) is 88.1 cm³/mol. The lowest BCUT2D eigenvalue weighted by Gasteiger charge is -2.17. The summed E-state index contributed by atoms with van der Waals surface area (Å²) in [6.45, 7) is 0. The van der Waals surface area contributed by atoms with Gasteiger partial charge in [0, 0.05) is 5.56 Å². The third-order valence-corrected chi connectivity index (χ3v) is 4.67. The summed E-state index contributed by atoms with van der Waals surface area (Å²) in [7, 11) is -3.54. The first kappa shape index (κ1) is 17.9. The Morgan fingerprint density at radius 3 is 2.35 bits per heavy atom. The highest BCUT2D eigenvalue weighted by atomic mass is 35.5. The average molecular weight is 359 g/mol. The summed E-state index contributed by atoms with van der Waals surface area (Å²) < 4.78 is 27.4. The smallest absolute Gasteiger partial charge is 0.257 e. The van der Waals surface area contributed by atoms with E-state index in [2.05, 4.69) is 10.1 Å². The van der Waals surface area contributed by atoms with Gasteiger partial charge < -0.3 is 10.3 Å². The van der Waals surface area contributed by atoms with Crippen LogP contribution in [0.15, 0.2) is 28.8 Å². The Kier molecular flexibility index (Phi) is 5.10. The molecule has 0 unspecified atom stereocenters. The largest absolute Gasteiger partial charge is 0.334 e. The number of nitrogens with two attached hydrogens (primary N) is 2. The van der Waals surface area contributed by atoms with E-state index in [4.69, 9.17) is 15.4 Å². The second-order valence-corrected chi connectivity index (χ2v) is 7.40. The molecule has 1 fully saturated rings. The number of nitrogens with zero attached hydrogens (tertiary/aromatic N) is 2. The van der Waals surface area contributed by atoms with E-state index < -0.39 is 15.6 Å². The highest BCUT2D eigenvalue weighted by molar-refractivity contribution is 7.88. The Morgan fingerprint density at radius 1 is 1.17 bits per heavy atom. The minimum atomic E-state index is -3.54. The highest BCUT2D eigenvalue weighted by Crippen LogP contribution is 2.35. The van der Waals surface area contributed by atoms with Crippen LogP contribution in [0.5, 0.6) is 0 Å². The Bertz CT molecular complexity index is 768. The lowest BCUT2D eigenvalue weighted by atomic mass is 9.99. The van der Waals surface area contributed by atoms with Crippen molar-refractivity contribution in [1.29, 1.82) is 0 Å². The van der Waals surface area contributed by atoms with Gasteiger partial charge in [-0.05, 0) is 30.5 Å². The lowest BCUT2D eigenvalue weighted by molar-refractivity contribution is 0.372. The number of benzene rings is 1. The summed E-state index contributed by atoms with van der Waals surface area (Å²) in [6.07, 6.45) is 3.86. The molecule has 1 aromatic heterocycles. The molecular formula is C14H19ClN4O3S. The second kappa shape index (κ2) is 6.56. The van der Waals surface area contributed by atoms with Crippen molar-refractivity contribution in [3.05, 3.63) is 35.7 Å². The van der Waals surface area contributed by atoms with E-state index in [9.17, 15) is 8.42 Å². The molecular weight excluding hydrogens is 340 g/mol. The second-order valence-electron chi connectivity index (χ2n) is 5.79. The first-order valence-corrected chi connectivity index (χ1v) is 8.80. The number of rotatable bonds is 4. The zero-order valence-corrected chi connectivity index (χ0v) is 14.1. The molecule has 1 heterocycles. The topological polar surface area (TPSA) is 125 Å². The van der Waals surface area contributed by atoms with Crippen molar-refractivity contribution in [2.75, 3.05) is 0 Å². The molecule has 3 rings (SSSR count). The fourth-order valence-corrected chi connectivity index (χ4v) is 3.41. The summed E-state index contributed by atoms with van der Waals surface area (Å²) in [4.78, 5) is 4.39. The maximum Gasteiger partial charge on any atom is 0.257 e. The number of hydrogen-bond donors (Lipinski definition) is 2. The molecule has 0 radical (unpaired) electrons.